The van der Waals surface area contributed by atoms with E-state index in [1.165, 1.54) is 0 Å². The molecule has 102 valence electrons. The molecule has 1 aromatic heterocycles. The fraction of sp³-hybridized carbons (Fsp3) is 0.133. The van der Waals surface area contributed by atoms with Crippen molar-refractivity contribution in [1.82, 2.24) is 9.55 Å². The van der Waals surface area contributed by atoms with Gasteiger partial charge in [0.25, 0.3) is 0 Å². The number of phenolic OH excluding ortho intramolecular Hbond substituents is 1. The number of rotatable bonds is 3. The van der Waals surface area contributed by atoms with Crippen LogP contribution < -0.4 is 5.32 Å². The average molecular weight is 288 g/mol. The van der Waals surface area contributed by atoms with Gasteiger partial charge in [0.15, 0.2) is 0 Å². The summed E-state index contributed by atoms with van der Waals surface area (Å²) in [6.45, 7) is 0.462. The fourth-order valence-electron chi connectivity index (χ4n) is 2.17. The van der Waals surface area contributed by atoms with Gasteiger partial charge in [0.2, 0.25) is 5.95 Å². The van der Waals surface area contributed by atoms with Crippen LogP contribution in [0.15, 0.2) is 42.5 Å². The molecular weight excluding hydrogens is 274 g/mol. The molecule has 2 aromatic carbocycles. The number of nitrogens with one attached hydrogen (secondary N) is 1. The summed E-state index contributed by atoms with van der Waals surface area (Å²) in [7, 11) is 1.95. The number of benzene rings is 2. The maximum absolute atomic E-state index is 9.80. The molecule has 0 aliphatic heterocycles. The highest BCUT2D eigenvalue weighted by Crippen LogP contribution is 2.23. The third-order valence-electron chi connectivity index (χ3n) is 3.27. The first-order valence-corrected chi connectivity index (χ1v) is 6.65. The third kappa shape index (κ3) is 2.30. The first kappa shape index (κ1) is 12.8. The summed E-state index contributed by atoms with van der Waals surface area (Å²) in [6.07, 6.45) is 0. The van der Waals surface area contributed by atoms with Gasteiger partial charge in [-0.1, -0.05) is 23.7 Å². The highest BCUT2D eigenvalue weighted by atomic mass is 35.5. The number of nitrogens with zero attached hydrogens (tertiary/aromatic N) is 2. The zero-order chi connectivity index (χ0) is 14.1. The summed E-state index contributed by atoms with van der Waals surface area (Å²) in [5.74, 6) is 0.978. The van der Waals surface area contributed by atoms with E-state index in [4.69, 9.17) is 11.6 Å². The van der Waals surface area contributed by atoms with E-state index in [2.05, 4.69) is 10.3 Å². The van der Waals surface area contributed by atoms with E-state index >= 15 is 0 Å². The van der Waals surface area contributed by atoms with Gasteiger partial charge in [0.1, 0.15) is 5.75 Å². The van der Waals surface area contributed by atoms with Gasteiger partial charge in [0.05, 0.1) is 11.0 Å². The minimum absolute atomic E-state index is 0.223. The largest absolute Gasteiger partial charge is 0.508 e. The molecule has 0 bridgehead atoms. The lowest BCUT2D eigenvalue weighted by molar-refractivity contribution is 0.469. The Hall–Kier alpha value is -2.20. The zero-order valence-electron chi connectivity index (χ0n) is 11.0. The number of phenols is 1. The predicted octanol–water partition coefficient (Wildman–Crippen LogP) is 3.54. The standard InChI is InChI=1S/C15H14ClN3O/c1-19-13-5-3-2-4-12(13)18-15(19)17-9-10-8-11(16)6-7-14(10)20/h2-8,20H,9H2,1H3,(H,17,18). The highest BCUT2D eigenvalue weighted by molar-refractivity contribution is 6.30. The van der Waals surface area contributed by atoms with Gasteiger partial charge < -0.3 is 15.0 Å². The molecule has 0 aliphatic rings. The zero-order valence-corrected chi connectivity index (χ0v) is 11.7. The Kier molecular flexibility index (Phi) is 3.24. The number of aryl methyl sites for hydroxylation is 1. The molecule has 0 spiro atoms. The van der Waals surface area contributed by atoms with Gasteiger partial charge in [-0.25, -0.2) is 4.98 Å². The molecule has 2 N–H and O–H groups in total. The van der Waals surface area contributed by atoms with E-state index < -0.39 is 0 Å². The molecule has 1 heterocycles. The summed E-state index contributed by atoms with van der Waals surface area (Å²) in [5, 5.41) is 13.6. The van der Waals surface area contributed by atoms with Gasteiger partial charge in [-0.15, -0.1) is 0 Å². The molecule has 0 fully saturated rings. The summed E-state index contributed by atoms with van der Waals surface area (Å²) in [6, 6.07) is 12.9. The van der Waals surface area contributed by atoms with Crippen molar-refractivity contribution in [1.29, 1.82) is 0 Å². The fourth-order valence-corrected chi connectivity index (χ4v) is 2.37. The smallest absolute Gasteiger partial charge is 0.203 e. The molecule has 0 amide bonds. The van der Waals surface area contributed by atoms with E-state index in [0.717, 1.165) is 22.5 Å². The van der Waals surface area contributed by atoms with Gasteiger partial charge in [-0.2, -0.15) is 0 Å². The van der Waals surface area contributed by atoms with Crippen LogP contribution in [-0.2, 0) is 13.6 Å². The van der Waals surface area contributed by atoms with E-state index in [9.17, 15) is 5.11 Å². The van der Waals surface area contributed by atoms with Crippen LogP contribution in [0, 0.1) is 0 Å². The number of imidazole rings is 1. The summed E-state index contributed by atoms with van der Waals surface area (Å²) >= 11 is 5.93. The Morgan fingerprint density at radius 3 is 2.85 bits per heavy atom. The van der Waals surface area contributed by atoms with Gasteiger partial charge >= 0.3 is 0 Å². The van der Waals surface area contributed by atoms with Crippen molar-refractivity contribution in [3.63, 3.8) is 0 Å². The SMILES string of the molecule is Cn1c(NCc2cc(Cl)ccc2O)nc2ccccc21. The second-order valence-electron chi connectivity index (χ2n) is 4.61. The molecule has 20 heavy (non-hydrogen) atoms. The molecule has 0 aliphatic carbocycles. The Bertz CT molecular complexity index is 767. The summed E-state index contributed by atoms with van der Waals surface area (Å²) in [4.78, 5) is 4.52. The van der Waals surface area contributed by atoms with E-state index in [1.54, 1.807) is 18.2 Å². The number of hydrogen-bond acceptors (Lipinski definition) is 3. The van der Waals surface area contributed by atoms with Crippen molar-refractivity contribution in [3.05, 3.63) is 53.1 Å². The van der Waals surface area contributed by atoms with Crippen LogP contribution in [0.2, 0.25) is 5.02 Å². The van der Waals surface area contributed by atoms with E-state index in [0.29, 0.717) is 11.6 Å². The monoisotopic (exact) mass is 287 g/mol. The lowest BCUT2D eigenvalue weighted by atomic mass is 10.2. The van der Waals surface area contributed by atoms with E-state index in [1.807, 2.05) is 35.9 Å². The summed E-state index contributed by atoms with van der Waals surface area (Å²) in [5.41, 5.74) is 2.74. The lowest BCUT2D eigenvalue weighted by Gasteiger charge is -2.08. The Morgan fingerprint density at radius 2 is 2.05 bits per heavy atom. The topological polar surface area (TPSA) is 50.1 Å². The molecule has 4 nitrogen and oxygen atoms in total. The average Bonchev–Trinajstić information content (AvgIpc) is 2.77. The Labute approximate surface area is 121 Å². The van der Waals surface area contributed by atoms with Crippen molar-refractivity contribution in [3.8, 4) is 5.75 Å². The van der Waals surface area contributed by atoms with Crippen molar-refractivity contribution < 1.29 is 5.11 Å². The number of para-hydroxylation sites is 2. The minimum Gasteiger partial charge on any atom is -0.508 e. The number of anilines is 1. The quantitative estimate of drug-likeness (QED) is 0.774. The first-order chi connectivity index (χ1) is 9.65. The van der Waals surface area contributed by atoms with Crippen molar-refractivity contribution in [2.75, 3.05) is 5.32 Å². The van der Waals surface area contributed by atoms with E-state index in [-0.39, 0.29) is 5.75 Å². The number of hydrogen-bond donors (Lipinski definition) is 2. The first-order valence-electron chi connectivity index (χ1n) is 6.28. The molecule has 0 unspecified atom stereocenters. The normalized spacial score (nSPS) is 10.9. The van der Waals surface area contributed by atoms with Crippen molar-refractivity contribution in [2.24, 2.45) is 7.05 Å². The van der Waals surface area contributed by atoms with Crippen LogP contribution in [0.1, 0.15) is 5.56 Å². The molecule has 0 atom stereocenters. The highest BCUT2D eigenvalue weighted by Gasteiger charge is 2.08. The van der Waals surface area contributed by atoms with Gasteiger partial charge in [-0.05, 0) is 30.3 Å². The third-order valence-corrected chi connectivity index (χ3v) is 3.50. The van der Waals surface area contributed by atoms with Crippen LogP contribution in [0.3, 0.4) is 0 Å². The predicted molar refractivity (Wildman–Crippen MR) is 81.2 cm³/mol. The molecule has 3 aromatic rings. The molecule has 0 saturated heterocycles. The second-order valence-corrected chi connectivity index (χ2v) is 5.05. The number of aromatic hydroxyl groups is 1. The maximum atomic E-state index is 9.80. The summed E-state index contributed by atoms with van der Waals surface area (Å²) < 4.78 is 1.98. The number of aromatic nitrogens is 2. The molecule has 0 saturated carbocycles. The van der Waals surface area contributed by atoms with Gasteiger partial charge in [-0.3, -0.25) is 0 Å². The molecule has 3 rings (SSSR count). The molecule has 0 radical (unpaired) electrons. The van der Waals surface area contributed by atoms with Crippen LogP contribution in [0.25, 0.3) is 11.0 Å². The minimum atomic E-state index is 0.223. The van der Waals surface area contributed by atoms with Crippen molar-refractivity contribution in [2.45, 2.75) is 6.54 Å². The Morgan fingerprint density at radius 1 is 1.25 bits per heavy atom. The second kappa shape index (κ2) is 5.06. The number of halogens is 1. The lowest BCUT2D eigenvalue weighted by Crippen LogP contribution is -2.05. The Balaban J connectivity index is 1.87. The molecule has 5 heteroatoms. The number of fused-ring (bicyclic) bond motifs is 1. The van der Waals surface area contributed by atoms with Crippen LogP contribution in [-0.4, -0.2) is 14.7 Å². The van der Waals surface area contributed by atoms with Crippen LogP contribution >= 0.6 is 11.6 Å². The molecular formula is C15H14ClN3O. The van der Waals surface area contributed by atoms with Crippen molar-refractivity contribution >= 4 is 28.6 Å². The van der Waals surface area contributed by atoms with Crippen LogP contribution in [0.5, 0.6) is 5.75 Å². The maximum Gasteiger partial charge on any atom is 0.203 e. The van der Waals surface area contributed by atoms with Crippen LogP contribution in [0.4, 0.5) is 5.95 Å². The van der Waals surface area contributed by atoms with Gasteiger partial charge in [0, 0.05) is 24.2 Å².